The maximum Gasteiger partial charge on any atom is 0.273 e. The molecule has 2 fully saturated rings. The molecule has 1 aromatic rings. The Labute approximate surface area is 141 Å². The van der Waals surface area contributed by atoms with Crippen molar-refractivity contribution in [1.82, 2.24) is 4.90 Å². The highest BCUT2D eigenvalue weighted by atomic mass is 16.6. The molecule has 24 heavy (non-hydrogen) atoms. The molecule has 0 unspecified atom stereocenters. The molecule has 3 rings (SSSR count). The summed E-state index contributed by atoms with van der Waals surface area (Å²) in [5.41, 5.74) is -0.0286. The SMILES string of the molecule is C[C@@H]1CCN(C(=O)COc2cccc([N+](=O)[O-])c2)[C@@H]2CCCC[C@H]12. The Morgan fingerprint density at radius 1 is 1.33 bits per heavy atom. The van der Waals surface area contributed by atoms with E-state index in [1.807, 2.05) is 4.90 Å². The molecule has 1 heterocycles. The lowest BCUT2D eigenvalue weighted by Gasteiger charge is -2.47. The number of benzene rings is 1. The number of nitro groups is 1. The summed E-state index contributed by atoms with van der Waals surface area (Å²) in [5, 5.41) is 10.8. The van der Waals surface area contributed by atoms with E-state index in [1.54, 1.807) is 12.1 Å². The lowest BCUT2D eigenvalue weighted by atomic mass is 9.72. The Balaban J connectivity index is 1.62. The molecule has 1 aliphatic heterocycles. The van der Waals surface area contributed by atoms with Gasteiger partial charge in [0.15, 0.2) is 6.61 Å². The number of carbonyl (C=O) groups excluding carboxylic acids is 1. The van der Waals surface area contributed by atoms with E-state index in [2.05, 4.69) is 6.92 Å². The van der Waals surface area contributed by atoms with Crippen molar-refractivity contribution >= 4 is 11.6 Å². The van der Waals surface area contributed by atoms with E-state index in [9.17, 15) is 14.9 Å². The Bertz CT molecular complexity index is 619. The molecule has 3 atom stereocenters. The number of nitrogens with zero attached hydrogens (tertiary/aromatic N) is 2. The van der Waals surface area contributed by atoms with Gasteiger partial charge in [-0.15, -0.1) is 0 Å². The maximum absolute atomic E-state index is 12.6. The van der Waals surface area contributed by atoms with Crippen LogP contribution in [-0.4, -0.2) is 34.9 Å². The monoisotopic (exact) mass is 332 g/mol. The summed E-state index contributed by atoms with van der Waals surface area (Å²) in [6.07, 6.45) is 5.78. The summed E-state index contributed by atoms with van der Waals surface area (Å²) in [6, 6.07) is 6.31. The van der Waals surface area contributed by atoms with Gasteiger partial charge < -0.3 is 9.64 Å². The van der Waals surface area contributed by atoms with Gasteiger partial charge in [-0.3, -0.25) is 14.9 Å². The summed E-state index contributed by atoms with van der Waals surface area (Å²) < 4.78 is 5.52. The number of hydrogen-bond donors (Lipinski definition) is 0. The minimum absolute atomic E-state index is 0.00898. The fourth-order valence-corrected chi connectivity index (χ4v) is 4.14. The van der Waals surface area contributed by atoms with Gasteiger partial charge in [0.25, 0.3) is 11.6 Å². The smallest absolute Gasteiger partial charge is 0.273 e. The van der Waals surface area contributed by atoms with Gasteiger partial charge in [0.05, 0.1) is 11.0 Å². The number of rotatable bonds is 4. The molecular weight excluding hydrogens is 308 g/mol. The first-order valence-electron chi connectivity index (χ1n) is 8.73. The van der Waals surface area contributed by atoms with E-state index in [4.69, 9.17) is 4.74 Å². The van der Waals surface area contributed by atoms with Crippen molar-refractivity contribution in [3.63, 3.8) is 0 Å². The second kappa shape index (κ2) is 7.20. The predicted molar refractivity (Wildman–Crippen MR) is 89.8 cm³/mol. The van der Waals surface area contributed by atoms with Crippen LogP contribution in [0.1, 0.15) is 39.0 Å². The summed E-state index contributed by atoms with van der Waals surface area (Å²) in [5.74, 6) is 1.64. The van der Waals surface area contributed by atoms with E-state index in [0.717, 1.165) is 19.4 Å². The summed E-state index contributed by atoms with van der Waals surface area (Å²) in [7, 11) is 0. The lowest BCUT2D eigenvalue weighted by molar-refractivity contribution is -0.384. The predicted octanol–water partition coefficient (Wildman–Crippen LogP) is 3.40. The molecule has 0 radical (unpaired) electrons. The van der Waals surface area contributed by atoms with Gasteiger partial charge in [-0.2, -0.15) is 0 Å². The molecule has 1 saturated carbocycles. The number of fused-ring (bicyclic) bond motifs is 1. The van der Waals surface area contributed by atoms with Crippen LogP contribution in [0.4, 0.5) is 5.69 Å². The van der Waals surface area contributed by atoms with Gasteiger partial charge >= 0.3 is 0 Å². The highest BCUT2D eigenvalue weighted by Gasteiger charge is 2.39. The highest BCUT2D eigenvalue weighted by molar-refractivity contribution is 5.78. The third-order valence-corrected chi connectivity index (χ3v) is 5.45. The second-order valence-electron chi connectivity index (χ2n) is 6.91. The van der Waals surface area contributed by atoms with Gasteiger partial charge in [-0.1, -0.05) is 25.8 Å². The largest absolute Gasteiger partial charge is 0.484 e. The summed E-state index contributed by atoms with van der Waals surface area (Å²) in [4.78, 5) is 24.9. The van der Waals surface area contributed by atoms with E-state index in [-0.39, 0.29) is 18.2 Å². The van der Waals surface area contributed by atoms with Gasteiger partial charge in [0.2, 0.25) is 0 Å². The molecule has 0 N–H and O–H groups in total. The molecule has 0 spiro atoms. The van der Waals surface area contributed by atoms with Crippen molar-refractivity contribution in [3.05, 3.63) is 34.4 Å². The normalized spacial score (nSPS) is 26.5. The van der Waals surface area contributed by atoms with Crippen LogP contribution in [0.3, 0.4) is 0 Å². The molecule has 1 saturated heterocycles. The molecule has 6 heteroatoms. The van der Waals surface area contributed by atoms with Crippen molar-refractivity contribution in [3.8, 4) is 5.75 Å². The maximum atomic E-state index is 12.6. The average molecular weight is 332 g/mol. The molecule has 0 bridgehead atoms. The number of hydrogen-bond acceptors (Lipinski definition) is 4. The summed E-state index contributed by atoms with van der Waals surface area (Å²) in [6.45, 7) is 3.03. The Hall–Kier alpha value is -2.11. The second-order valence-corrected chi connectivity index (χ2v) is 6.91. The first kappa shape index (κ1) is 16.7. The molecule has 1 aliphatic carbocycles. The van der Waals surface area contributed by atoms with Crippen molar-refractivity contribution in [2.75, 3.05) is 13.2 Å². The minimum Gasteiger partial charge on any atom is -0.484 e. The number of nitro benzene ring substituents is 1. The lowest BCUT2D eigenvalue weighted by Crippen LogP contribution is -2.53. The Morgan fingerprint density at radius 3 is 2.92 bits per heavy atom. The van der Waals surface area contributed by atoms with Crippen LogP contribution < -0.4 is 4.74 Å². The van der Waals surface area contributed by atoms with Gasteiger partial charge in [0.1, 0.15) is 5.75 Å². The van der Waals surface area contributed by atoms with Gasteiger partial charge in [0, 0.05) is 18.7 Å². The van der Waals surface area contributed by atoms with Crippen LogP contribution in [0.25, 0.3) is 0 Å². The fourth-order valence-electron chi connectivity index (χ4n) is 4.14. The number of piperidine rings is 1. The Kier molecular flexibility index (Phi) is 5.02. The van der Waals surface area contributed by atoms with E-state index in [1.165, 1.54) is 31.4 Å². The van der Waals surface area contributed by atoms with Crippen LogP contribution >= 0.6 is 0 Å². The standard InChI is InChI=1S/C18H24N2O4/c1-13-9-10-19(17-8-3-2-7-16(13)17)18(21)12-24-15-6-4-5-14(11-15)20(22)23/h4-6,11,13,16-17H,2-3,7-10,12H2,1H3/t13-,16-,17-/m1/s1. The first-order valence-corrected chi connectivity index (χ1v) is 8.73. The molecule has 0 aromatic heterocycles. The highest BCUT2D eigenvalue weighted by Crippen LogP contribution is 2.38. The molecule has 130 valence electrons. The number of non-ortho nitro benzene ring substituents is 1. The van der Waals surface area contributed by atoms with E-state index < -0.39 is 4.92 Å². The van der Waals surface area contributed by atoms with Crippen molar-refractivity contribution < 1.29 is 14.5 Å². The quantitative estimate of drug-likeness (QED) is 0.626. The topological polar surface area (TPSA) is 72.7 Å². The van der Waals surface area contributed by atoms with Crippen LogP contribution in [-0.2, 0) is 4.79 Å². The molecule has 2 aliphatic rings. The Morgan fingerprint density at radius 2 is 2.12 bits per heavy atom. The first-order chi connectivity index (χ1) is 11.6. The molecule has 1 aromatic carbocycles. The zero-order valence-electron chi connectivity index (χ0n) is 14.0. The summed E-state index contributed by atoms with van der Waals surface area (Å²) >= 11 is 0. The number of likely N-dealkylation sites (tertiary alicyclic amines) is 1. The van der Waals surface area contributed by atoms with Crippen molar-refractivity contribution in [2.45, 2.75) is 45.1 Å². The van der Waals surface area contributed by atoms with Gasteiger partial charge in [-0.05, 0) is 37.2 Å². The molecular formula is C18H24N2O4. The average Bonchev–Trinajstić information content (AvgIpc) is 2.60. The number of ether oxygens (including phenoxy) is 1. The van der Waals surface area contributed by atoms with Crippen LogP contribution in [0.2, 0.25) is 0 Å². The third-order valence-electron chi connectivity index (χ3n) is 5.45. The molecule has 6 nitrogen and oxygen atoms in total. The van der Waals surface area contributed by atoms with Crippen molar-refractivity contribution in [1.29, 1.82) is 0 Å². The van der Waals surface area contributed by atoms with Crippen molar-refractivity contribution in [2.24, 2.45) is 11.8 Å². The van der Waals surface area contributed by atoms with E-state index >= 15 is 0 Å². The van der Waals surface area contributed by atoms with Gasteiger partial charge in [-0.25, -0.2) is 0 Å². The van der Waals surface area contributed by atoms with Crippen LogP contribution in [0.5, 0.6) is 5.75 Å². The fraction of sp³-hybridized carbons (Fsp3) is 0.611. The molecule has 1 amide bonds. The van der Waals surface area contributed by atoms with Crippen LogP contribution in [0.15, 0.2) is 24.3 Å². The zero-order valence-corrected chi connectivity index (χ0v) is 14.0. The number of carbonyl (C=O) groups is 1. The minimum atomic E-state index is -0.465. The third kappa shape index (κ3) is 3.52. The van der Waals surface area contributed by atoms with E-state index in [0.29, 0.717) is 23.6 Å². The number of amides is 1. The van der Waals surface area contributed by atoms with Crippen LogP contribution in [0, 0.1) is 22.0 Å². The zero-order chi connectivity index (χ0) is 17.1.